The minimum Gasteiger partial charge on any atom is -0.291 e. The molecule has 4 heterocycles. The average Bonchev–Trinajstić information content (AvgIpc) is 3.89. The molecular formula is C54H34N6. The molecule has 12 aromatic rings. The largest absolute Gasteiger partial charge is 0.291 e. The molecule has 0 unspecified atom stereocenters. The molecular weight excluding hydrogens is 733 g/mol. The normalized spacial score (nSPS) is 11.7. The van der Waals surface area contributed by atoms with Gasteiger partial charge in [-0.3, -0.25) is 8.97 Å². The minimum absolute atomic E-state index is 0.554. The molecule has 0 aliphatic rings. The van der Waals surface area contributed by atoms with Crippen LogP contribution in [0.2, 0.25) is 0 Å². The topological polar surface area (TPSA) is 60.9 Å². The number of nitrogens with zero attached hydrogens (tertiary/aromatic N) is 6. The first-order valence-corrected chi connectivity index (χ1v) is 20.2. The Labute approximate surface area is 345 Å². The third-order valence-corrected chi connectivity index (χ3v) is 11.5. The van der Waals surface area contributed by atoms with Crippen LogP contribution in [-0.2, 0) is 0 Å². The molecule has 0 radical (unpaired) electrons. The van der Waals surface area contributed by atoms with Gasteiger partial charge in [0.25, 0.3) is 0 Å². The molecule has 0 aliphatic carbocycles. The maximum absolute atomic E-state index is 5.48. The molecule has 0 bridgehead atoms. The maximum atomic E-state index is 5.48. The summed E-state index contributed by atoms with van der Waals surface area (Å²) in [6.07, 6.45) is 0. The van der Waals surface area contributed by atoms with E-state index in [0.29, 0.717) is 17.6 Å². The van der Waals surface area contributed by atoms with E-state index in [1.165, 1.54) is 0 Å². The Morgan fingerprint density at radius 2 is 0.817 bits per heavy atom. The Bertz CT molecular complexity index is 3500. The van der Waals surface area contributed by atoms with Gasteiger partial charge in [0.15, 0.2) is 11.6 Å². The summed E-state index contributed by atoms with van der Waals surface area (Å²) in [5, 5.41) is 5.56. The van der Waals surface area contributed by atoms with Gasteiger partial charge >= 0.3 is 0 Å². The monoisotopic (exact) mass is 766 g/mol. The number of para-hydroxylation sites is 1. The Balaban J connectivity index is 1.25. The molecule has 0 amide bonds. The third-order valence-electron chi connectivity index (χ3n) is 11.5. The summed E-state index contributed by atoms with van der Waals surface area (Å²) in [5.74, 6) is 2.69. The SMILES string of the molecule is c1ccc(-c2ccc3c4cc5c(cc4n(-c4nc(-c6ccccc6)nc(-c6ccccc6)n4)c3c2)c2ccccc2n2c(-c3ccccc3)nc(-c3ccccc3)c52)cc1. The van der Waals surface area contributed by atoms with Crippen molar-refractivity contribution in [2.45, 2.75) is 0 Å². The van der Waals surface area contributed by atoms with E-state index < -0.39 is 0 Å². The summed E-state index contributed by atoms with van der Waals surface area (Å²) in [4.78, 5) is 21.1. The van der Waals surface area contributed by atoms with E-state index in [1.807, 2.05) is 36.4 Å². The second-order valence-corrected chi connectivity index (χ2v) is 15.1. The molecule has 12 rings (SSSR count). The zero-order valence-electron chi connectivity index (χ0n) is 32.3. The van der Waals surface area contributed by atoms with E-state index in [1.54, 1.807) is 0 Å². The van der Waals surface area contributed by atoms with Gasteiger partial charge in [-0.05, 0) is 40.8 Å². The van der Waals surface area contributed by atoms with Gasteiger partial charge in [0.1, 0.15) is 5.82 Å². The maximum Gasteiger partial charge on any atom is 0.238 e. The third kappa shape index (κ3) is 5.42. The van der Waals surface area contributed by atoms with Crippen molar-refractivity contribution in [3.8, 4) is 62.5 Å². The van der Waals surface area contributed by atoms with Crippen LogP contribution in [0.3, 0.4) is 0 Å². The second kappa shape index (κ2) is 13.7. The minimum atomic E-state index is 0.554. The van der Waals surface area contributed by atoms with Gasteiger partial charge in [-0.15, -0.1) is 0 Å². The van der Waals surface area contributed by atoms with Crippen molar-refractivity contribution < 1.29 is 0 Å². The van der Waals surface area contributed by atoms with Crippen LogP contribution in [0.5, 0.6) is 0 Å². The predicted octanol–water partition coefficient (Wildman–Crippen LogP) is 13.3. The lowest BCUT2D eigenvalue weighted by Crippen LogP contribution is -2.06. The van der Waals surface area contributed by atoms with E-state index in [0.717, 1.165) is 93.9 Å². The van der Waals surface area contributed by atoms with Crippen LogP contribution in [0.1, 0.15) is 0 Å². The predicted molar refractivity (Wildman–Crippen MR) is 245 cm³/mol. The fourth-order valence-electron chi connectivity index (χ4n) is 8.78. The lowest BCUT2D eigenvalue weighted by atomic mass is 9.99. The molecule has 6 heteroatoms. The van der Waals surface area contributed by atoms with E-state index in [2.05, 4.69) is 179 Å². The van der Waals surface area contributed by atoms with Crippen LogP contribution in [0.25, 0.3) is 111 Å². The highest BCUT2D eigenvalue weighted by molar-refractivity contribution is 6.23. The first-order chi connectivity index (χ1) is 29.8. The van der Waals surface area contributed by atoms with Gasteiger partial charge in [-0.25, -0.2) is 9.97 Å². The summed E-state index contributed by atoms with van der Waals surface area (Å²) in [6.45, 7) is 0. The Morgan fingerprint density at radius 3 is 1.45 bits per heavy atom. The summed E-state index contributed by atoms with van der Waals surface area (Å²) in [7, 11) is 0. The van der Waals surface area contributed by atoms with Gasteiger partial charge in [-0.1, -0.05) is 182 Å². The van der Waals surface area contributed by atoms with Gasteiger partial charge in [-0.2, -0.15) is 9.97 Å². The molecule has 0 N–H and O–H groups in total. The molecule has 8 aromatic carbocycles. The molecule has 0 fully saturated rings. The molecule has 0 aliphatic heterocycles. The Hall–Kier alpha value is -8.22. The van der Waals surface area contributed by atoms with Crippen LogP contribution in [0.15, 0.2) is 206 Å². The van der Waals surface area contributed by atoms with E-state index >= 15 is 0 Å². The summed E-state index contributed by atoms with van der Waals surface area (Å²) in [5.41, 5.74) is 11.3. The number of benzene rings is 8. The summed E-state index contributed by atoms with van der Waals surface area (Å²) in [6, 6.07) is 72.1. The smallest absolute Gasteiger partial charge is 0.238 e. The summed E-state index contributed by atoms with van der Waals surface area (Å²) >= 11 is 0. The van der Waals surface area contributed by atoms with Gasteiger partial charge < -0.3 is 0 Å². The van der Waals surface area contributed by atoms with Crippen molar-refractivity contribution in [2.75, 3.05) is 0 Å². The van der Waals surface area contributed by atoms with Gasteiger partial charge in [0.2, 0.25) is 5.95 Å². The van der Waals surface area contributed by atoms with E-state index in [9.17, 15) is 0 Å². The van der Waals surface area contributed by atoms with Crippen molar-refractivity contribution in [1.29, 1.82) is 0 Å². The molecule has 4 aromatic heterocycles. The molecule has 6 nitrogen and oxygen atoms in total. The highest BCUT2D eigenvalue weighted by atomic mass is 15.2. The van der Waals surface area contributed by atoms with Crippen molar-refractivity contribution >= 4 is 49.0 Å². The molecule has 0 atom stereocenters. The van der Waals surface area contributed by atoms with E-state index in [-0.39, 0.29) is 0 Å². The number of hydrogen-bond donors (Lipinski definition) is 0. The number of imidazole rings is 1. The highest BCUT2D eigenvalue weighted by Crippen LogP contribution is 2.43. The van der Waals surface area contributed by atoms with Gasteiger partial charge in [0, 0.05) is 43.8 Å². The van der Waals surface area contributed by atoms with E-state index in [4.69, 9.17) is 19.9 Å². The van der Waals surface area contributed by atoms with Crippen molar-refractivity contribution in [3.05, 3.63) is 206 Å². The second-order valence-electron chi connectivity index (χ2n) is 15.1. The van der Waals surface area contributed by atoms with Crippen LogP contribution < -0.4 is 0 Å². The average molecular weight is 767 g/mol. The van der Waals surface area contributed by atoms with Crippen LogP contribution in [0, 0.1) is 0 Å². The van der Waals surface area contributed by atoms with Crippen molar-refractivity contribution in [3.63, 3.8) is 0 Å². The quantitative estimate of drug-likeness (QED) is 0.158. The highest BCUT2D eigenvalue weighted by Gasteiger charge is 2.24. The Morgan fingerprint density at radius 1 is 0.300 bits per heavy atom. The number of hydrogen-bond acceptors (Lipinski definition) is 4. The first kappa shape index (κ1) is 33.9. The van der Waals surface area contributed by atoms with Crippen molar-refractivity contribution in [1.82, 2.24) is 28.9 Å². The lowest BCUT2D eigenvalue weighted by Gasteiger charge is -2.14. The number of fused-ring (bicyclic) bond motifs is 9. The molecule has 0 spiro atoms. The number of rotatable bonds is 6. The fraction of sp³-hybridized carbons (Fsp3) is 0. The zero-order chi connectivity index (χ0) is 39.6. The Kier molecular flexibility index (Phi) is 7.74. The number of pyridine rings is 1. The van der Waals surface area contributed by atoms with Crippen LogP contribution >= 0.6 is 0 Å². The molecule has 280 valence electrons. The lowest BCUT2D eigenvalue weighted by molar-refractivity contribution is 0.954. The van der Waals surface area contributed by atoms with Crippen LogP contribution in [0.4, 0.5) is 0 Å². The number of aromatic nitrogens is 6. The van der Waals surface area contributed by atoms with Crippen LogP contribution in [-0.4, -0.2) is 28.9 Å². The summed E-state index contributed by atoms with van der Waals surface area (Å²) < 4.78 is 4.60. The van der Waals surface area contributed by atoms with Gasteiger partial charge in [0.05, 0.1) is 27.8 Å². The molecule has 0 saturated heterocycles. The standard InChI is InChI=1S/C54H34N6/c1-6-18-35(19-7-1)40-30-31-42-44-33-45-43(41-28-16-17-29-46(41)60-50(45)49(36-20-8-2-9-21-36)55-53(60)39-26-14-5-15-27-39)34-48(44)59(47(42)32-40)54-57-51(37-22-10-3-11-23-37)56-52(58-54)38-24-12-4-13-25-38/h1-34H. The molecule has 0 saturated carbocycles. The van der Waals surface area contributed by atoms with Crippen molar-refractivity contribution in [2.24, 2.45) is 0 Å². The fourth-order valence-corrected chi connectivity index (χ4v) is 8.78. The first-order valence-electron chi connectivity index (χ1n) is 20.2. The zero-order valence-corrected chi connectivity index (χ0v) is 32.3. The molecule has 60 heavy (non-hydrogen) atoms.